The van der Waals surface area contributed by atoms with E-state index in [9.17, 15) is 4.79 Å². The van der Waals surface area contributed by atoms with Crippen LogP contribution < -0.4 is 0 Å². The first-order valence-corrected chi connectivity index (χ1v) is 9.83. The van der Waals surface area contributed by atoms with Crippen molar-refractivity contribution in [3.63, 3.8) is 0 Å². The number of methoxy groups -OCH3 is 1. The van der Waals surface area contributed by atoms with Gasteiger partial charge in [0.15, 0.2) is 10.8 Å². The summed E-state index contributed by atoms with van der Waals surface area (Å²) in [5.74, 6) is 2.80. The molecule has 6 atom stereocenters. The third-order valence-corrected chi connectivity index (χ3v) is 8.49. The summed E-state index contributed by atoms with van der Waals surface area (Å²) in [6, 6.07) is 0. The molecule has 4 rings (SSSR count). The summed E-state index contributed by atoms with van der Waals surface area (Å²) in [6.07, 6.45) is 13.2. The summed E-state index contributed by atoms with van der Waals surface area (Å²) >= 11 is 5.55. The first-order chi connectivity index (χ1) is 11.4. The molecule has 3 heteroatoms. The van der Waals surface area contributed by atoms with Crippen LogP contribution in [0.5, 0.6) is 0 Å². The van der Waals surface area contributed by atoms with Crippen LogP contribution >= 0.6 is 12.2 Å². The Morgan fingerprint density at radius 2 is 2.00 bits per heavy atom. The molecule has 0 unspecified atom stereocenters. The summed E-state index contributed by atoms with van der Waals surface area (Å²) in [5.41, 5.74) is 1.78. The summed E-state index contributed by atoms with van der Waals surface area (Å²) in [6.45, 7) is 4.83. The second-order valence-electron chi connectivity index (χ2n) is 8.80. The topological polar surface area (TPSA) is 26.3 Å². The fourth-order valence-electron chi connectivity index (χ4n) is 6.73. The maximum absolute atomic E-state index is 11.8. The van der Waals surface area contributed by atoms with Gasteiger partial charge in [0.2, 0.25) is 0 Å². The third-order valence-electron chi connectivity index (χ3n) is 8.04. The lowest BCUT2D eigenvalue weighted by Crippen LogP contribution is -2.50. The third kappa shape index (κ3) is 2.13. The SMILES string of the molecule is COC(=S)[C@H]1CC[C@H]2[C@@H]3CCC4=CC(=O)C=C[C@]4(C)[C@H]3CC[C@]12C. The van der Waals surface area contributed by atoms with Crippen LogP contribution in [0.15, 0.2) is 23.8 Å². The van der Waals surface area contributed by atoms with Crippen LogP contribution in [0.1, 0.15) is 52.4 Å². The smallest absolute Gasteiger partial charge is 0.178 e. The fourth-order valence-corrected chi connectivity index (χ4v) is 7.11. The predicted molar refractivity (Wildman–Crippen MR) is 99.7 cm³/mol. The van der Waals surface area contributed by atoms with Gasteiger partial charge in [0.05, 0.1) is 7.11 Å². The fraction of sp³-hybridized carbons (Fsp3) is 0.714. The first-order valence-electron chi connectivity index (χ1n) is 9.42. The van der Waals surface area contributed by atoms with Gasteiger partial charge >= 0.3 is 0 Å². The van der Waals surface area contributed by atoms with Crippen molar-refractivity contribution in [1.82, 2.24) is 0 Å². The number of hydrogen-bond donors (Lipinski definition) is 0. The number of carbonyl (C=O) groups is 1. The van der Waals surface area contributed by atoms with E-state index in [0.717, 1.165) is 23.3 Å². The van der Waals surface area contributed by atoms with Crippen molar-refractivity contribution >= 4 is 23.1 Å². The molecule has 0 amide bonds. The zero-order valence-electron chi connectivity index (χ0n) is 15.0. The van der Waals surface area contributed by atoms with Gasteiger partial charge in [0.25, 0.3) is 0 Å². The van der Waals surface area contributed by atoms with E-state index in [1.165, 1.54) is 37.7 Å². The van der Waals surface area contributed by atoms with Crippen molar-refractivity contribution in [2.24, 2.45) is 34.5 Å². The maximum Gasteiger partial charge on any atom is 0.178 e. The lowest BCUT2D eigenvalue weighted by Gasteiger charge is -2.57. The second-order valence-corrected chi connectivity index (χ2v) is 9.20. The van der Waals surface area contributed by atoms with Gasteiger partial charge in [-0.05, 0) is 86.1 Å². The number of thiocarbonyl (C=S) groups is 1. The quantitative estimate of drug-likeness (QED) is 0.634. The number of allylic oxidation sites excluding steroid dienone is 4. The van der Waals surface area contributed by atoms with E-state index in [1.54, 1.807) is 13.2 Å². The molecule has 0 saturated heterocycles. The highest BCUT2D eigenvalue weighted by molar-refractivity contribution is 7.80. The zero-order valence-corrected chi connectivity index (χ0v) is 15.8. The molecule has 3 saturated carbocycles. The molecular formula is C21H28O2S. The average Bonchev–Trinajstić information content (AvgIpc) is 2.92. The highest BCUT2D eigenvalue weighted by Gasteiger charge is 2.59. The van der Waals surface area contributed by atoms with Crippen molar-refractivity contribution in [2.75, 3.05) is 7.11 Å². The molecule has 0 radical (unpaired) electrons. The summed E-state index contributed by atoms with van der Waals surface area (Å²) in [5, 5.41) is 0.823. The number of ether oxygens (including phenoxy) is 1. The number of carbonyl (C=O) groups excluding carboxylic acids is 1. The number of fused-ring (bicyclic) bond motifs is 5. The number of hydrogen-bond acceptors (Lipinski definition) is 3. The summed E-state index contributed by atoms with van der Waals surface area (Å²) in [7, 11) is 1.73. The van der Waals surface area contributed by atoms with Crippen molar-refractivity contribution in [2.45, 2.75) is 52.4 Å². The van der Waals surface area contributed by atoms with Crippen molar-refractivity contribution in [3.05, 3.63) is 23.8 Å². The molecule has 0 heterocycles. The zero-order chi connectivity index (χ0) is 17.1. The van der Waals surface area contributed by atoms with Crippen LogP contribution in [0.4, 0.5) is 0 Å². The van der Waals surface area contributed by atoms with Gasteiger partial charge in [-0.25, -0.2) is 0 Å². The standard InChI is InChI=1S/C21H28O2S/c1-20-10-8-14(22)12-13(20)4-5-15-16-6-7-18(19(24)23-3)21(16,2)11-9-17(15)20/h8,10,12,15-18H,4-7,9,11H2,1-3H3/t15-,16-,17-,18+,20-,21-/m0/s1. The lowest BCUT2D eigenvalue weighted by molar-refractivity contribution is -0.111. The van der Waals surface area contributed by atoms with E-state index in [-0.39, 0.29) is 11.2 Å². The van der Waals surface area contributed by atoms with Crippen LogP contribution in [0.25, 0.3) is 0 Å². The average molecular weight is 345 g/mol. The molecule has 2 nitrogen and oxygen atoms in total. The van der Waals surface area contributed by atoms with Crippen LogP contribution in [0.2, 0.25) is 0 Å². The molecule has 4 aliphatic carbocycles. The number of ketones is 1. The molecule has 3 fully saturated rings. The van der Waals surface area contributed by atoms with Gasteiger partial charge in [-0.1, -0.05) is 25.5 Å². The predicted octanol–water partition coefficient (Wildman–Crippen LogP) is 4.88. The monoisotopic (exact) mass is 344 g/mol. The Morgan fingerprint density at radius 1 is 1.21 bits per heavy atom. The Labute approximate surface area is 150 Å². The molecule has 0 aliphatic heterocycles. The molecule has 0 bridgehead atoms. The normalized spacial score (nSPS) is 46.6. The molecule has 0 aromatic rings. The van der Waals surface area contributed by atoms with E-state index in [0.29, 0.717) is 17.3 Å². The highest BCUT2D eigenvalue weighted by Crippen LogP contribution is 2.66. The molecule has 0 aromatic heterocycles. The first kappa shape index (κ1) is 16.5. The molecule has 130 valence electrons. The Hall–Kier alpha value is -0.960. The molecule has 0 aromatic carbocycles. The van der Waals surface area contributed by atoms with Crippen molar-refractivity contribution < 1.29 is 9.53 Å². The van der Waals surface area contributed by atoms with E-state index < -0.39 is 0 Å². The van der Waals surface area contributed by atoms with Gasteiger partial charge in [-0.3, -0.25) is 4.79 Å². The van der Waals surface area contributed by atoms with Crippen LogP contribution in [0.3, 0.4) is 0 Å². The van der Waals surface area contributed by atoms with Gasteiger partial charge in [0.1, 0.15) is 0 Å². The highest BCUT2D eigenvalue weighted by atomic mass is 32.1. The van der Waals surface area contributed by atoms with Gasteiger partial charge in [-0.15, -0.1) is 0 Å². The Morgan fingerprint density at radius 3 is 2.75 bits per heavy atom. The minimum Gasteiger partial charge on any atom is -0.490 e. The van der Waals surface area contributed by atoms with E-state index in [4.69, 9.17) is 17.0 Å². The van der Waals surface area contributed by atoms with E-state index in [1.807, 2.05) is 6.08 Å². The minimum absolute atomic E-state index is 0.0952. The molecular weight excluding hydrogens is 316 g/mol. The second kappa shape index (κ2) is 5.52. The van der Waals surface area contributed by atoms with Crippen LogP contribution in [-0.4, -0.2) is 17.9 Å². The van der Waals surface area contributed by atoms with Crippen LogP contribution in [-0.2, 0) is 9.53 Å². The minimum atomic E-state index is 0.0952. The number of rotatable bonds is 1. The molecule has 0 spiro atoms. The Balaban J connectivity index is 1.66. The molecule has 0 N–H and O–H groups in total. The van der Waals surface area contributed by atoms with Crippen LogP contribution in [0, 0.1) is 34.5 Å². The van der Waals surface area contributed by atoms with Gasteiger partial charge in [0, 0.05) is 11.3 Å². The Kier molecular flexibility index (Phi) is 3.80. The van der Waals surface area contributed by atoms with Crippen molar-refractivity contribution in [3.8, 4) is 0 Å². The van der Waals surface area contributed by atoms with Crippen molar-refractivity contribution in [1.29, 1.82) is 0 Å². The van der Waals surface area contributed by atoms with Gasteiger partial charge < -0.3 is 4.74 Å². The largest absolute Gasteiger partial charge is 0.490 e. The summed E-state index contributed by atoms with van der Waals surface area (Å²) in [4.78, 5) is 11.8. The van der Waals surface area contributed by atoms with E-state index >= 15 is 0 Å². The molecule has 24 heavy (non-hydrogen) atoms. The molecule has 4 aliphatic rings. The van der Waals surface area contributed by atoms with Gasteiger partial charge in [-0.2, -0.15) is 0 Å². The lowest BCUT2D eigenvalue weighted by atomic mass is 9.48. The summed E-state index contributed by atoms with van der Waals surface area (Å²) < 4.78 is 5.48. The Bertz CT molecular complexity index is 648. The van der Waals surface area contributed by atoms with E-state index in [2.05, 4.69) is 19.9 Å². The maximum atomic E-state index is 11.8.